The monoisotopic (exact) mass is 474 g/mol. The van der Waals surface area contributed by atoms with Crippen molar-refractivity contribution in [3.63, 3.8) is 0 Å². The first-order valence-corrected chi connectivity index (χ1v) is 14.7. The number of rotatable bonds is 24. The van der Waals surface area contributed by atoms with Crippen LogP contribution < -0.4 is 10.6 Å². The van der Waals surface area contributed by atoms with Gasteiger partial charge in [0.15, 0.2) is 0 Å². The van der Waals surface area contributed by atoms with Gasteiger partial charge in [0.1, 0.15) is 0 Å². The first-order valence-electron chi connectivity index (χ1n) is 14.7. The lowest BCUT2D eigenvalue weighted by atomic mass is 10.0. The number of hydrogen-bond acceptors (Lipinski definition) is 4. The Morgan fingerprint density at radius 3 is 1.00 bits per heavy atom. The number of carbonyl (C=O) groups excluding carboxylic acids is 2. The molecule has 0 aromatic carbocycles. The Morgan fingerprint density at radius 1 is 0.441 bits per heavy atom. The van der Waals surface area contributed by atoms with Gasteiger partial charge in [0.05, 0.1) is 11.4 Å². The highest BCUT2D eigenvalue weighted by molar-refractivity contribution is 6.19. The lowest BCUT2D eigenvalue weighted by Crippen LogP contribution is -2.30. The Morgan fingerprint density at radius 2 is 0.706 bits per heavy atom. The van der Waals surface area contributed by atoms with Crippen LogP contribution in [-0.4, -0.2) is 24.7 Å². The highest BCUT2D eigenvalue weighted by atomic mass is 16.1. The number of unbranched alkanes of at least 4 members (excludes halogenated alkanes) is 18. The van der Waals surface area contributed by atoms with E-state index in [1.54, 1.807) is 0 Å². The van der Waals surface area contributed by atoms with Crippen LogP contribution in [0.5, 0.6) is 0 Å². The third kappa shape index (κ3) is 16.1. The van der Waals surface area contributed by atoms with Gasteiger partial charge in [0, 0.05) is 25.2 Å². The molecule has 0 atom stereocenters. The van der Waals surface area contributed by atoms with Gasteiger partial charge >= 0.3 is 0 Å². The second-order valence-corrected chi connectivity index (χ2v) is 10.1. The Kier molecular flexibility index (Phi) is 19.6. The summed E-state index contributed by atoms with van der Waals surface area (Å²) in [5.41, 5.74) is 0.899. The fourth-order valence-corrected chi connectivity index (χ4v) is 4.51. The molecular formula is C30H54N2O2. The summed E-state index contributed by atoms with van der Waals surface area (Å²) < 4.78 is 0. The van der Waals surface area contributed by atoms with Gasteiger partial charge in [-0.05, 0) is 12.8 Å². The minimum atomic E-state index is -0.0859. The third-order valence-electron chi connectivity index (χ3n) is 6.77. The molecule has 0 aliphatic heterocycles. The molecule has 0 saturated carbocycles. The zero-order valence-electron chi connectivity index (χ0n) is 22.5. The molecule has 0 aromatic heterocycles. The standard InChI is InChI=1S/C30H54N2O2/c1-3-5-7-9-11-13-15-17-19-21-23-31-27-25-30(34)28(26-29(27)33)32-24-22-20-18-16-14-12-10-8-6-4-2/h25-26,31-32H,3-24H2,1-2H3. The van der Waals surface area contributed by atoms with E-state index in [4.69, 9.17) is 0 Å². The highest BCUT2D eigenvalue weighted by Crippen LogP contribution is 2.13. The molecule has 0 fully saturated rings. The minimum absolute atomic E-state index is 0.0859. The molecule has 0 heterocycles. The van der Waals surface area contributed by atoms with E-state index in [-0.39, 0.29) is 11.6 Å². The summed E-state index contributed by atoms with van der Waals surface area (Å²) in [5, 5.41) is 6.36. The Bertz CT molecular complexity index is 543. The summed E-state index contributed by atoms with van der Waals surface area (Å²) in [6, 6.07) is 0. The molecule has 0 unspecified atom stereocenters. The quantitative estimate of drug-likeness (QED) is 0.110. The van der Waals surface area contributed by atoms with E-state index in [1.807, 2.05) is 0 Å². The van der Waals surface area contributed by atoms with Gasteiger partial charge in [-0.25, -0.2) is 0 Å². The number of nitrogens with one attached hydrogen (secondary N) is 2. The van der Waals surface area contributed by atoms with E-state index < -0.39 is 0 Å². The molecule has 0 saturated heterocycles. The molecule has 0 bridgehead atoms. The van der Waals surface area contributed by atoms with Crippen molar-refractivity contribution < 1.29 is 9.59 Å². The van der Waals surface area contributed by atoms with Crippen molar-refractivity contribution in [3.05, 3.63) is 23.5 Å². The van der Waals surface area contributed by atoms with Crippen LogP contribution in [0.25, 0.3) is 0 Å². The van der Waals surface area contributed by atoms with Gasteiger partial charge in [-0.2, -0.15) is 0 Å². The fourth-order valence-electron chi connectivity index (χ4n) is 4.51. The third-order valence-corrected chi connectivity index (χ3v) is 6.77. The molecule has 1 aliphatic rings. The summed E-state index contributed by atoms with van der Waals surface area (Å²) in [7, 11) is 0. The summed E-state index contributed by atoms with van der Waals surface area (Å²) >= 11 is 0. The molecule has 1 rings (SSSR count). The average Bonchev–Trinajstić information content (AvgIpc) is 2.83. The normalized spacial score (nSPS) is 13.7. The highest BCUT2D eigenvalue weighted by Gasteiger charge is 2.19. The van der Waals surface area contributed by atoms with Gasteiger partial charge in [-0.1, -0.05) is 129 Å². The van der Waals surface area contributed by atoms with Gasteiger partial charge in [0.2, 0.25) is 11.6 Å². The molecule has 196 valence electrons. The molecule has 1 aliphatic carbocycles. The zero-order valence-corrected chi connectivity index (χ0v) is 22.5. The molecule has 0 aromatic rings. The maximum atomic E-state index is 12.4. The van der Waals surface area contributed by atoms with Gasteiger partial charge in [0.25, 0.3) is 0 Å². The summed E-state index contributed by atoms with van der Waals surface area (Å²) in [5.74, 6) is -0.172. The van der Waals surface area contributed by atoms with E-state index in [2.05, 4.69) is 24.5 Å². The Hall–Kier alpha value is -1.58. The van der Waals surface area contributed by atoms with Crippen molar-refractivity contribution in [2.45, 2.75) is 142 Å². The second kappa shape index (κ2) is 21.9. The van der Waals surface area contributed by atoms with Crippen molar-refractivity contribution in [2.75, 3.05) is 13.1 Å². The summed E-state index contributed by atoms with van der Waals surface area (Å²) in [4.78, 5) is 24.7. The Labute approximate surface area is 210 Å². The predicted molar refractivity (Wildman–Crippen MR) is 146 cm³/mol. The average molecular weight is 475 g/mol. The van der Waals surface area contributed by atoms with Crippen LogP contribution in [0.4, 0.5) is 0 Å². The minimum Gasteiger partial charge on any atom is -0.382 e. The van der Waals surface area contributed by atoms with Crippen LogP contribution in [-0.2, 0) is 9.59 Å². The van der Waals surface area contributed by atoms with Gasteiger partial charge < -0.3 is 10.6 Å². The van der Waals surface area contributed by atoms with Crippen LogP contribution in [0.3, 0.4) is 0 Å². The van der Waals surface area contributed by atoms with E-state index >= 15 is 0 Å². The first kappa shape index (κ1) is 30.5. The van der Waals surface area contributed by atoms with Crippen LogP contribution >= 0.6 is 0 Å². The van der Waals surface area contributed by atoms with Gasteiger partial charge in [-0.15, -0.1) is 0 Å². The number of allylic oxidation sites excluding steroid dienone is 2. The second-order valence-electron chi connectivity index (χ2n) is 10.1. The maximum Gasteiger partial charge on any atom is 0.203 e. The van der Waals surface area contributed by atoms with Crippen molar-refractivity contribution in [2.24, 2.45) is 0 Å². The number of hydrogen-bond donors (Lipinski definition) is 2. The number of carbonyl (C=O) groups is 2. The molecular weight excluding hydrogens is 420 g/mol. The predicted octanol–water partition coefficient (Wildman–Crippen LogP) is 7.93. The molecule has 0 amide bonds. The molecule has 4 nitrogen and oxygen atoms in total. The molecule has 2 N–H and O–H groups in total. The van der Waals surface area contributed by atoms with Crippen molar-refractivity contribution in [1.29, 1.82) is 0 Å². The van der Waals surface area contributed by atoms with Crippen LogP contribution in [0.1, 0.15) is 142 Å². The topological polar surface area (TPSA) is 58.2 Å². The smallest absolute Gasteiger partial charge is 0.203 e. The van der Waals surface area contributed by atoms with Crippen LogP contribution in [0.15, 0.2) is 23.5 Å². The SMILES string of the molecule is CCCCCCCCCCCCNC1=CC(=O)C(NCCCCCCCCCCCC)=CC1=O. The summed E-state index contributed by atoms with van der Waals surface area (Å²) in [6.07, 6.45) is 28.8. The molecule has 4 heteroatoms. The molecule has 0 radical (unpaired) electrons. The van der Waals surface area contributed by atoms with Crippen molar-refractivity contribution >= 4 is 11.6 Å². The largest absolute Gasteiger partial charge is 0.382 e. The lowest BCUT2D eigenvalue weighted by Gasteiger charge is -2.15. The van der Waals surface area contributed by atoms with Crippen molar-refractivity contribution in [3.8, 4) is 0 Å². The van der Waals surface area contributed by atoms with E-state index in [0.29, 0.717) is 11.4 Å². The van der Waals surface area contributed by atoms with Crippen LogP contribution in [0, 0.1) is 0 Å². The van der Waals surface area contributed by atoms with E-state index in [1.165, 1.54) is 128 Å². The first-order chi connectivity index (χ1) is 16.7. The Balaban J connectivity index is 2.02. The fraction of sp³-hybridized carbons (Fsp3) is 0.800. The van der Waals surface area contributed by atoms with E-state index in [9.17, 15) is 9.59 Å². The van der Waals surface area contributed by atoms with Crippen LogP contribution in [0.2, 0.25) is 0 Å². The van der Waals surface area contributed by atoms with Crippen molar-refractivity contribution in [1.82, 2.24) is 10.6 Å². The molecule has 0 spiro atoms. The van der Waals surface area contributed by atoms with E-state index in [0.717, 1.165) is 25.9 Å². The molecule has 34 heavy (non-hydrogen) atoms. The lowest BCUT2D eigenvalue weighted by molar-refractivity contribution is -0.115. The zero-order chi connectivity index (χ0) is 24.7. The summed E-state index contributed by atoms with van der Waals surface area (Å²) in [6.45, 7) is 6.03. The maximum absolute atomic E-state index is 12.4. The van der Waals surface area contributed by atoms with Gasteiger partial charge in [-0.3, -0.25) is 9.59 Å². The number of ketones is 2.